The molecule has 26 heavy (non-hydrogen) atoms. The minimum atomic E-state index is -0.112. The first kappa shape index (κ1) is 16.3. The zero-order valence-electron chi connectivity index (χ0n) is 15.1. The molecule has 3 aromatic heterocycles. The molecular formula is C21H20N4O. The first-order chi connectivity index (χ1) is 12.5. The maximum absolute atomic E-state index is 12.8. The lowest BCUT2D eigenvalue weighted by atomic mass is 10.0. The van der Waals surface area contributed by atoms with Crippen molar-refractivity contribution < 1.29 is 4.79 Å². The van der Waals surface area contributed by atoms with Gasteiger partial charge in [0.05, 0.1) is 23.3 Å². The number of amides is 1. The minimum Gasteiger partial charge on any atom is -0.346 e. The number of imidazole rings is 1. The third kappa shape index (κ3) is 3.04. The van der Waals surface area contributed by atoms with Crippen molar-refractivity contribution in [2.75, 3.05) is 0 Å². The van der Waals surface area contributed by atoms with E-state index in [1.807, 2.05) is 74.0 Å². The van der Waals surface area contributed by atoms with Gasteiger partial charge in [0, 0.05) is 23.5 Å². The number of hydrogen-bond acceptors (Lipinski definition) is 3. The Hall–Kier alpha value is -3.21. The summed E-state index contributed by atoms with van der Waals surface area (Å²) >= 11 is 0. The van der Waals surface area contributed by atoms with Crippen molar-refractivity contribution in [1.29, 1.82) is 0 Å². The van der Waals surface area contributed by atoms with Gasteiger partial charge in [0.15, 0.2) is 0 Å². The van der Waals surface area contributed by atoms with Crippen molar-refractivity contribution in [1.82, 2.24) is 19.7 Å². The molecule has 130 valence electrons. The third-order valence-electron chi connectivity index (χ3n) is 4.43. The summed E-state index contributed by atoms with van der Waals surface area (Å²) in [5.74, 6) is -0.112. The number of hydrogen-bond donors (Lipinski definition) is 1. The Balaban J connectivity index is 1.61. The number of pyridine rings is 2. The molecule has 0 saturated heterocycles. The summed E-state index contributed by atoms with van der Waals surface area (Å²) in [5, 5.41) is 3.86. The van der Waals surface area contributed by atoms with Gasteiger partial charge in [-0.1, -0.05) is 11.6 Å². The van der Waals surface area contributed by atoms with Crippen LogP contribution in [0.4, 0.5) is 0 Å². The van der Waals surface area contributed by atoms with Gasteiger partial charge in [0.2, 0.25) is 0 Å². The van der Waals surface area contributed by atoms with E-state index in [4.69, 9.17) is 0 Å². The number of nitrogens with one attached hydrogen (secondary N) is 1. The fourth-order valence-electron chi connectivity index (χ4n) is 3.15. The standard InChI is InChI=1S/C21H20N4O/c1-13-4-5-19-17(8-13)18(10-15(3)23-19)21(26)22-11-16-12-25-7-6-14(2)9-20(25)24-16/h4-10,12H,11H2,1-3H3,(H,22,26). The lowest BCUT2D eigenvalue weighted by molar-refractivity contribution is 0.0952. The number of carbonyl (C=O) groups is 1. The summed E-state index contributed by atoms with van der Waals surface area (Å²) in [5.41, 5.74) is 6.29. The van der Waals surface area contributed by atoms with Crippen molar-refractivity contribution in [3.8, 4) is 0 Å². The largest absolute Gasteiger partial charge is 0.346 e. The average Bonchev–Trinajstić information content (AvgIpc) is 3.01. The van der Waals surface area contributed by atoms with Crippen molar-refractivity contribution in [2.45, 2.75) is 27.3 Å². The second-order valence-corrected chi connectivity index (χ2v) is 6.72. The molecule has 3 heterocycles. The Morgan fingerprint density at radius 2 is 1.85 bits per heavy atom. The van der Waals surface area contributed by atoms with Crippen LogP contribution >= 0.6 is 0 Å². The zero-order chi connectivity index (χ0) is 18.3. The van der Waals surface area contributed by atoms with Gasteiger partial charge in [-0.2, -0.15) is 0 Å². The Morgan fingerprint density at radius 1 is 1.04 bits per heavy atom. The van der Waals surface area contributed by atoms with Crippen molar-refractivity contribution in [3.05, 3.63) is 76.9 Å². The number of carbonyl (C=O) groups excluding carboxylic acids is 1. The molecule has 4 rings (SSSR count). The molecule has 1 aromatic carbocycles. The molecule has 0 aliphatic carbocycles. The topological polar surface area (TPSA) is 59.3 Å². The van der Waals surface area contributed by atoms with Gasteiger partial charge >= 0.3 is 0 Å². The molecule has 0 fully saturated rings. The highest BCUT2D eigenvalue weighted by atomic mass is 16.1. The number of nitrogens with zero attached hydrogens (tertiary/aromatic N) is 3. The van der Waals surface area contributed by atoms with Gasteiger partial charge in [-0.3, -0.25) is 9.78 Å². The summed E-state index contributed by atoms with van der Waals surface area (Å²) in [6, 6.07) is 11.9. The van der Waals surface area contributed by atoms with Crippen LogP contribution in [0.3, 0.4) is 0 Å². The van der Waals surface area contributed by atoms with Gasteiger partial charge < -0.3 is 9.72 Å². The molecule has 0 unspecified atom stereocenters. The molecule has 0 aliphatic heterocycles. The summed E-state index contributed by atoms with van der Waals surface area (Å²) in [4.78, 5) is 21.9. The molecule has 1 amide bonds. The Bertz CT molecular complexity index is 1140. The monoisotopic (exact) mass is 344 g/mol. The van der Waals surface area contributed by atoms with Crippen molar-refractivity contribution in [2.24, 2.45) is 0 Å². The van der Waals surface area contributed by atoms with E-state index in [-0.39, 0.29) is 5.91 Å². The molecule has 0 bridgehead atoms. The highest BCUT2D eigenvalue weighted by Crippen LogP contribution is 2.20. The summed E-state index contributed by atoms with van der Waals surface area (Å²) < 4.78 is 1.96. The summed E-state index contributed by atoms with van der Waals surface area (Å²) in [6.45, 7) is 6.34. The minimum absolute atomic E-state index is 0.112. The smallest absolute Gasteiger partial charge is 0.252 e. The van der Waals surface area contributed by atoms with Crippen LogP contribution in [0.5, 0.6) is 0 Å². The first-order valence-electron chi connectivity index (χ1n) is 8.60. The highest BCUT2D eigenvalue weighted by Gasteiger charge is 2.13. The third-order valence-corrected chi connectivity index (χ3v) is 4.43. The van der Waals surface area contributed by atoms with E-state index in [1.165, 1.54) is 0 Å². The Morgan fingerprint density at radius 3 is 2.69 bits per heavy atom. The molecule has 4 aromatic rings. The van der Waals surface area contributed by atoms with Crippen LogP contribution in [0.15, 0.2) is 48.8 Å². The molecule has 1 N–H and O–H groups in total. The van der Waals surface area contributed by atoms with E-state index in [0.717, 1.165) is 39.1 Å². The predicted octanol–water partition coefficient (Wildman–Crippen LogP) is 3.74. The number of aromatic nitrogens is 3. The number of benzene rings is 1. The average molecular weight is 344 g/mol. The first-order valence-corrected chi connectivity index (χ1v) is 8.60. The van der Waals surface area contributed by atoms with Crippen LogP contribution in [0.1, 0.15) is 32.9 Å². The second kappa shape index (κ2) is 6.26. The summed E-state index contributed by atoms with van der Waals surface area (Å²) in [7, 11) is 0. The van der Waals surface area contributed by atoms with Crippen molar-refractivity contribution in [3.63, 3.8) is 0 Å². The second-order valence-electron chi connectivity index (χ2n) is 6.72. The molecule has 5 nitrogen and oxygen atoms in total. The van der Waals surface area contributed by atoms with Crippen LogP contribution in [0.2, 0.25) is 0 Å². The van der Waals surface area contributed by atoms with E-state index < -0.39 is 0 Å². The van der Waals surface area contributed by atoms with Crippen molar-refractivity contribution >= 4 is 22.5 Å². The van der Waals surface area contributed by atoms with Gasteiger partial charge in [-0.05, 0) is 56.7 Å². The van der Waals surface area contributed by atoms with Gasteiger partial charge in [-0.25, -0.2) is 4.98 Å². The van der Waals surface area contributed by atoms with E-state index in [2.05, 4.69) is 15.3 Å². The molecule has 5 heteroatoms. The fourth-order valence-corrected chi connectivity index (χ4v) is 3.15. The number of fused-ring (bicyclic) bond motifs is 2. The maximum atomic E-state index is 12.8. The van der Waals surface area contributed by atoms with E-state index >= 15 is 0 Å². The van der Waals surface area contributed by atoms with Crippen LogP contribution in [-0.4, -0.2) is 20.3 Å². The summed E-state index contributed by atoms with van der Waals surface area (Å²) in [6.07, 6.45) is 3.92. The van der Waals surface area contributed by atoms with Crippen LogP contribution in [-0.2, 0) is 6.54 Å². The van der Waals surface area contributed by atoms with Gasteiger partial charge in [0.1, 0.15) is 5.65 Å². The Kier molecular flexibility index (Phi) is 3.92. The quantitative estimate of drug-likeness (QED) is 0.616. The van der Waals surface area contributed by atoms with Gasteiger partial charge in [0.25, 0.3) is 5.91 Å². The molecule has 0 atom stereocenters. The van der Waals surface area contributed by atoms with Crippen LogP contribution in [0.25, 0.3) is 16.6 Å². The van der Waals surface area contributed by atoms with E-state index in [1.54, 1.807) is 0 Å². The zero-order valence-corrected chi connectivity index (χ0v) is 15.1. The molecule has 0 spiro atoms. The molecule has 0 saturated carbocycles. The Labute approximate surface area is 151 Å². The predicted molar refractivity (Wildman–Crippen MR) is 102 cm³/mol. The van der Waals surface area contributed by atoms with Gasteiger partial charge in [-0.15, -0.1) is 0 Å². The number of aryl methyl sites for hydroxylation is 3. The van der Waals surface area contributed by atoms with E-state index in [0.29, 0.717) is 12.1 Å². The van der Waals surface area contributed by atoms with E-state index in [9.17, 15) is 4.79 Å². The SMILES string of the molecule is Cc1ccc2nc(C)cc(C(=O)NCc3cn4ccc(C)cc4n3)c2c1. The fraction of sp³-hybridized carbons (Fsp3) is 0.190. The normalized spacial score (nSPS) is 11.2. The number of rotatable bonds is 3. The molecule has 0 aliphatic rings. The molecular weight excluding hydrogens is 324 g/mol. The lowest BCUT2D eigenvalue weighted by Crippen LogP contribution is -2.23. The van der Waals surface area contributed by atoms with Crippen LogP contribution in [0, 0.1) is 20.8 Å². The maximum Gasteiger partial charge on any atom is 0.252 e. The molecule has 0 radical (unpaired) electrons. The van der Waals surface area contributed by atoms with Crippen LogP contribution < -0.4 is 5.32 Å². The lowest BCUT2D eigenvalue weighted by Gasteiger charge is -2.09. The highest BCUT2D eigenvalue weighted by molar-refractivity contribution is 6.06.